The normalized spacial score (nSPS) is 48.0. The molecule has 2 N–H and O–H groups in total. The lowest BCUT2D eigenvalue weighted by Crippen LogP contribution is -2.50. The molecule has 0 radical (unpaired) electrons. The summed E-state index contributed by atoms with van der Waals surface area (Å²) in [6.07, 6.45) is 0.309. The minimum Gasteiger partial charge on any atom is -0.375 e. The molecule has 1 unspecified atom stereocenters. The molecule has 0 aliphatic carbocycles. The lowest BCUT2D eigenvalue weighted by molar-refractivity contribution is 0.0822. The predicted octanol–water partition coefficient (Wildman–Crippen LogP) is -0.726. The quantitative estimate of drug-likeness (QED) is 0.485. The summed E-state index contributed by atoms with van der Waals surface area (Å²) in [6.45, 7) is 2.99. The van der Waals surface area contributed by atoms with E-state index in [0.29, 0.717) is 18.1 Å². The second-order valence-electron chi connectivity index (χ2n) is 3.43. The molecule has 3 atom stereocenters. The van der Waals surface area contributed by atoms with Crippen molar-refractivity contribution >= 4 is 0 Å². The number of hydrogen-bond acceptors (Lipinski definition) is 3. The molecular weight excluding hydrogens is 128 g/mol. The van der Waals surface area contributed by atoms with Crippen molar-refractivity contribution < 1.29 is 4.74 Å². The van der Waals surface area contributed by atoms with Crippen molar-refractivity contribution in [2.24, 2.45) is 11.7 Å². The first-order valence-corrected chi connectivity index (χ1v) is 3.83. The highest BCUT2D eigenvalue weighted by Crippen LogP contribution is 2.24. The van der Waals surface area contributed by atoms with Gasteiger partial charge < -0.3 is 15.4 Å². The Bertz CT molecular complexity index is 126. The highest BCUT2D eigenvalue weighted by Gasteiger charge is 2.39. The fourth-order valence-electron chi connectivity index (χ4n) is 1.90. The molecule has 3 nitrogen and oxygen atoms in total. The number of rotatable bonds is 0. The topological polar surface area (TPSA) is 38.5 Å². The number of likely N-dealkylation sites (tertiary alicyclic amines) is 1. The van der Waals surface area contributed by atoms with Gasteiger partial charge in [0, 0.05) is 25.0 Å². The number of likely N-dealkylation sites (N-methyl/N-ethyl adjacent to an activating group) is 1. The van der Waals surface area contributed by atoms with Gasteiger partial charge in [0.25, 0.3) is 0 Å². The van der Waals surface area contributed by atoms with Gasteiger partial charge in [-0.3, -0.25) is 0 Å². The van der Waals surface area contributed by atoms with E-state index in [1.807, 2.05) is 0 Å². The van der Waals surface area contributed by atoms with Crippen LogP contribution in [0.2, 0.25) is 0 Å². The van der Waals surface area contributed by atoms with Crippen LogP contribution in [0, 0.1) is 5.92 Å². The van der Waals surface area contributed by atoms with E-state index < -0.39 is 0 Å². The number of ether oxygens (including phenoxy) is 1. The third-order valence-corrected chi connectivity index (χ3v) is 2.54. The van der Waals surface area contributed by atoms with Gasteiger partial charge in [0.1, 0.15) is 0 Å². The first kappa shape index (κ1) is 6.58. The zero-order chi connectivity index (χ0) is 7.14. The van der Waals surface area contributed by atoms with Crippen LogP contribution in [0.1, 0.15) is 0 Å². The van der Waals surface area contributed by atoms with E-state index in [2.05, 4.69) is 11.9 Å². The number of hydrogen-bond donors (Lipinski definition) is 1. The van der Waals surface area contributed by atoms with Crippen molar-refractivity contribution in [1.29, 1.82) is 0 Å². The summed E-state index contributed by atoms with van der Waals surface area (Å²) < 4.78 is 5.49. The van der Waals surface area contributed by atoms with Crippen LogP contribution in [0.4, 0.5) is 0 Å². The summed E-state index contributed by atoms with van der Waals surface area (Å²) >= 11 is 0. The Labute approximate surface area is 61.1 Å². The third kappa shape index (κ3) is 0.856. The van der Waals surface area contributed by atoms with E-state index in [9.17, 15) is 0 Å². The van der Waals surface area contributed by atoms with Crippen molar-refractivity contribution in [2.45, 2.75) is 12.1 Å². The Hall–Kier alpha value is -0.120. The van der Waals surface area contributed by atoms with Crippen LogP contribution in [-0.2, 0) is 4.74 Å². The van der Waals surface area contributed by atoms with Crippen LogP contribution in [0.15, 0.2) is 0 Å². The molecule has 10 heavy (non-hydrogen) atoms. The molecule has 0 spiro atoms. The molecule has 0 aromatic carbocycles. The minimum absolute atomic E-state index is 0.302. The fraction of sp³-hybridized carbons (Fsp3) is 1.00. The van der Waals surface area contributed by atoms with Gasteiger partial charge in [-0.1, -0.05) is 0 Å². The Morgan fingerprint density at radius 2 is 2.30 bits per heavy atom. The van der Waals surface area contributed by atoms with Crippen LogP contribution in [-0.4, -0.2) is 43.8 Å². The maximum Gasteiger partial charge on any atom is 0.0856 e. The standard InChI is InChI=1S/C7H14N2O/c1-9-2-5-4-10-6(3-9)7(5)8/h5-7H,2-4,8H2,1H3/t5-,6-,7?/m1/s1. The molecule has 3 heteroatoms. The second-order valence-corrected chi connectivity index (χ2v) is 3.43. The molecule has 2 heterocycles. The maximum absolute atomic E-state index is 5.89. The first-order chi connectivity index (χ1) is 4.77. The van der Waals surface area contributed by atoms with Crippen molar-refractivity contribution in [3.05, 3.63) is 0 Å². The van der Waals surface area contributed by atoms with Gasteiger partial charge in [-0.25, -0.2) is 0 Å². The van der Waals surface area contributed by atoms with Crippen LogP contribution in [0.5, 0.6) is 0 Å². The molecule has 0 aromatic heterocycles. The lowest BCUT2D eigenvalue weighted by atomic mass is 9.95. The summed E-state index contributed by atoms with van der Waals surface area (Å²) in [4.78, 5) is 2.30. The minimum atomic E-state index is 0.302. The SMILES string of the molecule is CN1C[C@@H]2CO[C@H](C1)C2N. The maximum atomic E-state index is 5.89. The molecule has 0 aromatic rings. The number of nitrogens with zero attached hydrogens (tertiary/aromatic N) is 1. The Balaban J connectivity index is 2.09. The van der Waals surface area contributed by atoms with Gasteiger partial charge in [0.15, 0.2) is 0 Å². The molecule has 2 rings (SSSR count). The summed E-state index contributed by atoms with van der Waals surface area (Å²) in [5, 5.41) is 0. The summed E-state index contributed by atoms with van der Waals surface area (Å²) in [7, 11) is 2.13. The van der Waals surface area contributed by atoms with Crippen LogP contribution < -0.4 is 5.73 Å². The van der Waals surface area contributed by atoms with Gasteiger partial charge in [-0.05, 0) is 7.05 Å². The smallest absolute Gasteiger partial charge is 0.0856 e. The van der Waals surface area contributed by atoms with E-state index in [1.165, 1.54) is 0 Å². The highest BCUT2D eigenvalue weighted by atomic mass is 16.5. The van der Waals surface area contributed by atoms with Crippen LogP contribution in [0.25, 0.3) is 0 Å². The highest BCUT2D eigenvalue weighted by molar-refractivity contribution is 4.93. The third-order valence-electron chi connectivity index (χ3n) is 2.54. The molecule has 0 saturated carbocycles. The van der Waals surface area contributed by atoms with Crippen molar-refractivity contribution in [1.82, 2.24) is 4.90 Å². The Kier molecular flexibility index (Phi) is 1.44. The van der Waals surface area contributed by atoms with Crippen LogP contribution >= 0.6 is 0 Å². The molecule has 2 bridgehead atoms. The number of piperidine rings is 1. The van der Waals surface area contributed by atoms with E-state index in [-0.39, 0.29) is 0 Å². The molecule has 2 saturated heterocycles. The number of fused-ring (bicyclic) bond motifs is 2. The molecule has 2 fully saturated rings. The van der Waals surface area contributed by atoms with E-state index >= 15 is 0 Å². The average molecular weight is 142 g/mol. The van der Waals surface area contributed by atoms with Gasteiger partial charge in [0.2, 0.25) is 0 Å². The summed E-state index contributed by atoms with van der Waals surface area (Å²) in [5.74, 6) is 0.587. The zero-order valence-corrected chi connectivity index (χ0v) is 6.29. The monoisotopic (exact) mass is 142 g/mol. The van der Waals surface area contributed by atoms with Gasteiger partial charge in [-0.2, -0.15) is 0 Å². The fourth-order valence-corrected chi connectivity index (χ4v) is 1.90. The zero-order valence-electron chi connectivity index (χ0n) is 6.29. The lowest BCUT2D eigenvalue weighted by Gasteiger charge is -2.31. The first-order valence-electron chi connectivity index (χ1n) is 3.83. The Morgan fingerprint density at radius 1 is 1.50 bits per heavy atom. The molecule has 58 valence electrons. The molecule has 2 aliphatic rings. The molecular formula is C7H14N2O. The molecule has 0 amide bonds. The second kappa shape index (κ2) is 2.19. The Morgan fingerprint density at radius 3 is 3.00 bits per heavy atom. The average Bonchev–Trinajstić information content (AvgIpc) is 2.20. The summed E-state index contributed by atoms with van der Waals surface area (Å²) in [6, 6.07) is 0.302. The van der Waals surface area contributed by atoms with E-state index in [0.717, 1.165) is 19.7 Å². The van der Waals surface area contributed by atoms with Gasteiger partial charge in [-0.15, -0.1) is 0 Å². The predicted molar refractivity (Wildman–Crippen MR) is 38.7 cm³/mol. The largest absolute Gasteiger partial charge is 0.375 e. The van der Waals surface area contributed by atoms with Gasteiger partial charge >= 0.3 is 0 Å². The van der Waals surface area contributed by atoms with Crippen molar-refractivity contribution in [3.63, 3.8) is 0 Å². The van der Waals surface area contributed by atoms with Crippen molar-refractivity contribution in [3.8, 4) is 0 Å². The van der Waals surface area contributed by atoms with Crippen LogP contribution in [0.3, 0.4) is 0 Å². The molecule has 2 aliphatic heterocycles. The van der Waals surface area contributed by atoms with Crippen molar-refractivity contribution in [2.75, 3.05) is 26.7 Å². The van der Waals surface area contributed by atoms with E-state index in [1.54, 1.807) is 0 Å². The van der Waals surface area contributed by atoms with Gasteiger partial charge in [0.05, 0.1) is 12.7 Å². The number of nitrogens with two attached hydrogens (primary N) is 1. The van der Waals surface area contributed by atoms with E-state index in [4.69, 9.17) is 10.5 Å². The summed E-state index contributed by atoms with van der Waals surface area (Å²) in [5.41, 5.74) is 5.89.